The predicted molar refractivity (Wildman–Crippen MR) is 110 cm³/mol. The average molecular weight is 438 g/mol. The fourth-order valence-corrected chi connectivity index (χ4v) is 3.81. The summed E-state index contributed by atoms with van der Waals surface area (Å²) in [6.07, 6.45) is 0.910. The number of aliphatic hydroxyl groups is 1. The van der Waals surface area contributed by atoms with Crippen LogP contribution in [0.3, 0.4) is 0 Å². The van der Waals surface area contributed by atoms with Crippen molar-refractivity contribution < 1.29 is 33.6 Å². The summed E-state index contributed by atoms with van der Waals surface area (Å²) in [4.78, 5) is 27.3. The van der Waals surface area contributed by atoms with E-state index >= 15 is 0 Å². The molecule has 3 aliphatic rings. The van der Waals surface area contributed by atoms with Crippen LogP contribution in [0.4, 0.5) is 0 Å². The standard InChI is InChI=1S/C20H30N4O7/c1-11(25)28-8-13-15(29-10-30-18(27)19(2,3)4)16(26)20(5,31-13)14-7-6-12-17(21)22-9-23-24(12)14/h6,9,13-16,26H,7-8,10H2,1-5H3,(H2,21,22,23)/t13-,14?,15-,16-,20+/m1/s1. The first-order valence-electron chi connectivity index (χ1n) is 10.1. The number of hydrazone groups is 1. The summed E-state index contributed by atoms with van der Waals surface area (Å²) >= 11 is 0. The molecule has 5 atom stereocenters. The molecule has 1 fully saturated rings. The number of carbonyl (C=O) groups is 2. The van der Waals surface area contributed by atoms with E-state index in [4.69, 9.17) is 24.7 Å². The zero-order chi connectivity index (χ0) is 23.0. The highest BCUT2D eigenvalue weighted by Gasteiger charge is 2.59. The fraction of sp³-hybridized carbons (Fsp3) is 0.700. The molecule has 0 radical (unpaired) electrons. The largest absolute Gasteiger partial charge is 0.463 e. The molecule has 0 aliphatic carbocycles. The predicted octanol–water partition coefficient (Wildman–Crippen LogP) is 0.272. The molecule has 0 aromatic heterocycles. The summed E-state index contributed by atoms with van der Waals surface area (Å²) in [5, 5.41) is 17.1. The highest BCUT2D eigenvalue weighted by atomic mass is 16.7. The third-order valence-electron chi connectivity index (χ3n) is 5.56. The number of hydrogen-bond acceptors (Lipinski definition) is 11. The molecule has 3 rings (SSSR count). The Morgan fingerprint density at radius 2 is 2.10 bits per heavy atom. The zero-order valence-electron chi connectivity index (χ0n) is 18.4. The van der Waals surface area contributed by atoms with E-state index in [-0.39, 0.29) is 13.4 Å². The Morgan fingerprint density at radius 1 is 1.39 bits per heavy atom. The van der Waals surface area contributed by atoms with Crippen LogP contribution >= 0.6 is 0 Å². The molecule has 11 heteroatoms. The van der Waals surface area contributed by atoms with Crippen LogP contribution in [-0.2, 0) is 28.5 Å². The SMILES string of the molecule is CC(=O)OC[C@H]1O[C@@](C)(C2CC=C3C(N)=NC=NN32)[C@H](O)[C@@H]1OCOC(=O)C(C)(C)C. The Bertz CT molecular complexity index is 819. The number of rotatable bonds is 6. The number of nitrogens with two attached hydrogens (primary N) is 1. The second kappa shape index (κ2) is 8.56. The van der Waals surface area contributed by atoms with E-state index in [1.54, 1.807) is 32.7 Å². The monoisotopic (exact) mass is 438 g/mol. The quantitative estimate of drug-likeness (QED) is 0.441. The number of hydrogen-bond donors (Lipinski definition) is 2. The van der Waals surface area contributed by atoms with E-state index < -0.39 is 47.3 Å². The second-order valence-electron chi connectivity index (χ2n) is 8.95. The fourth-order valence-electron chi connectivity index (χ4n) is 3.81. The third-order valence-corrected chi connectivity index (χ3v) is 5.56. The number of aliphatic imine (C=N–C) groups is 1. The van der Waals surface area contributed by atoms with E-state index in [0.717, 1.165) is 0 Å². The van der Waals surface area contributed by atoms with E-state index in [1.807, 2.05) is 6.08 Å². The molecule has 3 aliphatic heterocycles. The number of aliphatic hydroxyl groups excluding tert-OH is 1. The van der Waals surface area contributed by atoms with Crippen molar-refractivity contribution in [3.05, 3.63) is 11.8 Å². The van der Waals surface area contributed by atoms with Gasteiger partial charge in [-0.25, -0.2) is 4.99 Å². The second-order valence-corrected chi connectivity index (χ2v) is 8.95. The Kier molecular flexibility index (Phi) is 6.40. The maximum atomic E-state index is 12.0. The van der Waals surface area contributed by atoms with Crippen molar-refractivity contribution in [2.75, 3.05) is 13.4 Å². The molecule has 1 saturated heterocycles. The van der Waals surface area contributed by atoms with Gasteiger partial charge in [0, 0.05) is 6.92 Å². The molecule has 0 amide bonds. The zero-order valence-corrected chi connectivity index (χ0v) is 18.4. The average Bonchev–Trinajstić information content (AvgIpc) is 3.22. The molecule has 1 unspecified atom stereocenters. The van der Waals surface area contributed by atoms with E-state index in [2.05, 4.69) is 10.1 Å². The summed E-state index contributed by atoms with van der Waals surface area (Å²) < 4.78 is 22.2. The van der Waals surface area contributed by atoms with Crippen molar-refractivity contribution in [3.8, 4) is 0 Å². The number of carbonyl (C=O) groups excluding carboxylic acids is 2. The first-order valence-corrected chi connectivity index (χ1v) is 10.1. The Labute approximate surface area is 180 Å². The minimum absolute atomic E-state index is 0.125. The van der Waals surface area contributed by atoms with Crippen molar-refractivity contribution in [2.24, 2.45) is 21.2 Å². The van der Waals surface area contributed by atoms with Crippen molar-refractivity contribution in [1.29, 1.82) is 0 Å². The highest BCUT2D eigenvalue weighted by molar-refractivity contribution is 6.02. The lowest BCUT2D eigenvalue weighted by atomic mass is 9.87. The van der Waals surface area contributed by atoms with Crippen LogP contribution < -0.4 is 5.73 Å². The molecule has 172 valence electrons. The van der Waals surface area contributed by atoms with Gasteiger partial charge in [-0.1, -0.05) is 6.08 Å². The van der Waals surface area contributed by atoms with Gasteiger partial charge in [-0.2, -0.15) is 5.10 Å². The number of fused-ring (bicyclic) bond motifs is 1. The Balaban J connectivity index is 1.75. The maximum Gasteiger partial charge on any atom is 0.313 e. The van der Waals surface area contributed by atoms with E-state index in [0.29, 0.717) is 18.0 Å². The topological polar surface area (TPSA) is 145 Å². The molecule has 0 bridgehead atoms. The maximum absolute atomic E-state index is 12.0. The Hall–Kier alpha value is -2.50. The molecule has 0 aromatic carbocycles. The molecule has 3 N–H and O–H groups in total. The molecule has 0 aromatic rings. The van der Waals surface area contributed by atoms with E-state index in [1.165, 1.54) is 13.3 Å². The number of nitrogens with zero attached hydrogens (tertiary/aromatic N) is 3. The molecule has 11 nitrogen and oxygen atoms in total. The minimum Gasteiger partial charge on any atom is -0.463 e. The number of amidine groups is 1. The first-order chi connectivity index (χ1) is 14.4. The van der Waals surface area contributed by atoms with Crippen LogP contribution in [0.1, 0.15) is 41.0 Å². The highest BCUT2D eigenvalue weighted by Crippen LogP contribution is 2.42. The van der Waals surface area contributed by atoms with Gasteiger partial charge in [0.2, 0.25) is 0 Å². The van der Waals surface area contributed by atoms with Crippen LogP contribution in [0.2, 0.25) is 0 Å². The first kappa shape index (κ1) is 23.2. The van der Waals surface area contributed by atoms with Gasteiger partial charge in [0.25, 0.3) is 0 Å². The van der Waals surface area contributed by atoms with Crippen molar-refractivity contribution in [2.45, 2.75) is 71.0 Å². The van der Waals surface area contributed by atoms with Crippen molar-refractivity contribution >= 4 is 24.1 Å². The molecular formula is C20H30N4O7. The summed E-state index contributed by atoms with van der Waals surface area (Å²) in [7, 11) is 0. The van der Waals surface area contributed by atoms with Crippen LogP contribution in [-0.4, -0.2) is 77.6 Å². The van der Waals surface area contributed by atoms with Crippen LogP contribution in [0.15, 0.2) is 21.9 Å². The number of ether oxygens (including phenoxy) is 4. The molecule has 0 spiro atoms. The van der Waals surface area contributed by atoms with E-state index in [9.17, 15) is 14.7 Å². The molecule has 3 heterocycles. The van der Waals surface area contributed by atoms with Gasteiger partial charge >= 0.3 is 11.9 Å². The number of esters is 2. The van der Waals surface area contributed by atoms with Gasteiger partial charge < -0.3 is 29.8 Å². The lowest BCUT2D eigenvalue weighted by Gasteiger charge is -2.39. The summed E-state index contributed by atoms with van der Waals surface area (Å²) in [5.74, 6) is -0.603. The van der Waals surface area contributed by atoms with Gasteiger partial charge in [0.15, 0.2) is 12.6 Å². The lowest BCUT2D eigenvalue weighted by molar-refractivity contribution is -0.178. The van der Waals surface area contributed by atoms with Crippen LogP contribution in [0.5, 0.6) is 0 Å². The van der Waals surface area contributed by atoms with Crippen LogP contribution in [0, 0.1) is 5.41 Å². The summed E-state index contributed by atoms with van der Waals surface area (Å²) in [6.45, 7) is 7.70. The third kappa shape index (κ3) is 4.58. The normalized spacial score (nSPS) is 32.4. The summed E-state index contributed by atoms with van der Waals surface area (Å²) in [6, 6.07) is -0.395. The molecule has 0 saturated carbocycles. The minimum atomic E-state index is -1.14. The van der Waals surface area contributed by atoms with Gasteiger partial charge in [-0.15, -0.1) is 0 Å². The van der Waals surface area contributed by atoms with Gasteiger partial charge in [0.1, 0.15) is 36.9 Å². The van der Waals surface area contributed by atoms with Crippen molar-refractivity contribution in [3.63, 3.8) is 0 Å². The van der Waals surface area contributed by atoms with Gasteiger partial charge in [0.05, 0.1) is 17.2 Å². The smallest absolute Gasteiger partial charge is 0.313 e. The van der Waals surface area contributed by atoms with Crippen LogP contribution in [0.25, 0.3) is 0 Å². The lowest BCUT2D eigenvalue weighted by Crippen LogP contribution is -2.55. The van der Waals surface area contributed by atoms with Gasteiger partial charge in [-0.05, 0) is 34.1 Å². The Morgan fingerprint density at radius 3 is 2.74 bits per heavy atom. The molecule has 31 heavy (non-hydrogen) atoms. The van der Waals surface area contributed by atoms with Gasteiger partial charge in [-0.3, -0.25) is 14.6 Å². The molecular weight excluding hydrogens is 408 g/mol. The van der Waals surface area contributed by atoms with Crippen molar-refractivity contribution in [1.82, 2.24) is 5.01 Å². The summed E-state index contributed by atoms with van der Waals surface area (Å²) in [5.41, 5.74) is 4.74.